The minimum absolute atomic E-state index is 0.704. The van der Waals surface area contributed by atoms with Gasteiger partial charge in [-0.1, -0.05) is 36.9 Å². The molecular formula is C20H30ClN3S. The van der Waals surface area contributed by atoms with Crippen molar-refractivity contribution in [1.29, 1.82) is 0 Å². The summed E-state index contributed by atoms with van der Waals surface area (Å²) in [5.41, 5.74) is 2.07. The quantitative estimate of drug-likeness (QED) is 0.738. The highest BCUT2D eigenvalue weighted by Gasteiger charge is 2.28. The first-order valence-corrected chi connectivity index (χ1v) is 10.4. The molecule has 3 nitrogen and oxygen atoms in total. The summed E-state index contributed by atoms with van der Waals surface area (Å²) in [6, 6.07) is 7.42. The Labute approximate surface area is 162 Å². The minimum Gasteiger partial charge on any atom is -0.349 e. The van der Waals surface area contributed by atoms with Gasteiger partial charge in [-0.3, -0.25) is 0 Å². The molecule has 0 unspecified atom stereocenters. The Bertz CT molecular complexity index is 593. The van der Waals surface area contributed by atoms with Gasteiger partial charge in [-0.25, -0.2) is 0 Å². The first-order chi connectivity index (χ1) is 12.1. The van der Waals surface area contributed by atoms with Crippen LogP contribution in [0.4, 0.5) is 5.69 Å². The van der Waals surface area contributed by atoms with Crippen LogP contribution in [-0.4, -0.2) is 47.1 Å². The Kier molecular flexibility index (Phi) is 6.59. The maximum absolute atomic E-state index is 6.21. The van der Waals surface area contributed by atoms with Crippen LogP contribution < -0.4 is 5.32 Å². The number of benzene rings is 1. The molecule has 1 aliphatic carbocycles. The molecule has 1 saturated carbocycles. The molecule has 1 N–H and O–H groups in total. The molecule has 1 aliphatic heterocycles. The average Bonchev–Trinajstić information content (AvgIpc) is 2.65. The van der Waals surface area contributed by atoms with Gasteiger partial charge in [-0.05, 0) is 69.6 Å². The van der Waals surface area contributed by atoms with Gasteiger partial charge in [0.15, 0.2) is 5.11 Å². The smallest absolute Gasteiger partial charge is 0.173 e. The number of halogens is 1. The zero-order chi connectivity index (χ0) is 17.8. The van der Waals surface area contributed by atoms with Crippen LogP contribution in [0.15, 0.2) is 18.2 Å². The Hall–Kier alpha value is -0.840. The Morgan fingerprint density at radius 1 is 1.12 bits per heavy atom. The second kappa shape index (κ2) is 8.70. The predicted octanol–water partition coefficient (Wildman–Crippen LogP) is 5.07. The van der Waals surface area contributed by atoms with Gasteiger partial charge in [0.25, 0.3) is 0 Å². The number of nitrogens with zero attached hydrogens (tertiary/aromatic N) is 2. The van der Waals surface area contributed by atoms with Gasteiger partial charge in [0.2, 0.25) is 0 Å². The Balaban J connectivity index is 1.51. The van der Waals surface area contributed by atoms with Crippen LogP contribution in [0.25, 0.3) is 0 Å². The van der Waals surface area contributed by atoms with Crippen molar-refractivity contribution in [3.8, 4) is 0 Å². The standard InChI is InChI=1S/C20H30ClN3S/c1-15-18(21)9-6-10-19(15)22-20(25)24-13-11-17(12-14-24)23(2)16-7-4-3-5-8-16/h6,9-10,16-17H,3-5,7-8,11-14H2,1-2H3,(H,22,25). The fourth-order valence-electron chi connectivity index (χ4n) is 4.20. The van der Waals surface area contributed by atoms with Gasteiger partial charge < -0.3 is 15.1 Å². The fourth-order valence-corrected chi connectivity index (χ4v) is 4.67. The van der Waals surface area contributed by atoms with E-state index in [0.29, 0.717) is 6.04 Å². The molecule has 0 radical (unpaired) electrons. The lowest BCUT2D eigenvalue weighted by Crippen LogP contribution is -2.49. The van der Waals surface area contributed by atoms with E-state index in [-0.39, 0.29) is 0 Å². The SMILES string of the molecule is Cc1c(Cl)cccc1NC(=S)N1CCC(N(C)C2CCCCC2)CC1. The van der Waals surface area contributed by atoms with E-state index in [1.54, 1.807) is 0 Å². The first-order valence-electron chi connectivity index (χ1n) is 9.59. The van der Waals surface area contributed by atoms with Crippen LogP contribution in [0.2, 0.25) is 5.02 Å². The molecule has 0 aromatic heterocycles. The molecule has 138 valence electrons. The molecule has 2 aliphatic rings. The number of piperidine rings is 1. The van der Waals surface area contributed by atoms with E-state index >= 15 is 0 Å². The van der Waals surface area contributed by atoms with Crippen LogP contribution in [0, 0.1) is 6.92 Å². The number of hydrogen-bond acceptors (Lipinski definition) is 2. The third-order valence-corrected chi connectivity index (χ3v) is 6.76. The largest absolute Gasteiger partial charge is 0.349 e. The monoisotopic (exact) mass is 379 g/mol. The maximum atomic E-state index is 6.21. The summed E-state index contributed by atoms with van der Waals surface area (Å²) in [5.74, 6) is 0. The highest BCUT2D eigenvalue weighted by molar-refractivity contribution is 7.80. The van der Waals surface area contributed by atoms with E-state index in [4.69, 9.17) is 23.8 Å². The maximum Gasteiger partial charge on any atom is 0.173 e. The van der Waals surface area contributed by atoms with Gasteiger partial charge in [0.05, 0.1) is 0 Å². The molecule has 3 rings (SSSR count). The molecule has 1 aromatic carbocycles. The van der Waals surface area contributed by atoms with E-state index in [0.717, 1.165) is 40.5 Å². The van der Waals surface area contributed by atoms with E-state index in [1.165, 1.54) is 44.9 Å². The topological polar surface area (TPSA) is 18.5 Å². The lowest BCUT2D eigenvalue weighted by atomic mass is 9.92. The molecule has 1 heterocycles. The van der Waals surface area contributed by atoms with Crippen molar-refractivity contribution in [3.63, 3.8) is 0 Å². The van der Waals surface area contributed by atoms with Gasteiger partial charge >= 0.3 is 0 Å². The van der Waals surface area contributed by atoms with Crippen LogP contribution in [-0.2, 0) is 0 Å². The van der Waals surface area contributed by atoms with Crippen molar-refractivity contribution in [3.05, 3.63) is 28.8 Å². The van der Waals surface area contributed by atoms with Crippen molar-refractivity contribution in [1.82, 2.24) is 9.80 Å². The Morgan fingerprint density at radius 2 is 1.76 bits per heavy atom. The lowest BCUT2D eigenvalue weighted by Gasteiger charge is -2.42. The van der Waals surface area contributed by atoms with Crippen molar-refractivity contribution in [2.45, 2.75) is 64.0 Å². The van der Waals surface area contributed by atoms with E-state index in [2.05, 4.69) is 22.2 Å². The fraction of sp³-hybridized carbons (Fsp3) is 0.650. The summed E-state index contributed by atoms with van der Waals surface area (Å²) >= 11 is 11.9. The Morgan fingerprint density at radius 3 is 2.44 bits per heavy atom. The number of thiocarbonyl (C=S) groups is 1. The second-order valence-electron chi connectivity index (χ2n) is 7.52. The molecule has 25 heavy (non-hydrogen) atoms. The van der Waals surface area contributed by atoms with Crippen molar-refractivity contribution in [2.24, 2.45) is 0 Å². The summed E-state index contributed by atoms with van der Waals surface area (Å²) in [6.45, 7) is 4.10. The summed E-state index contributed by atoms with van der Waals surface area (Å²) < 4.78 is 0. The van der Waals surface area contributed by atoms with Crippen molar-refractivity contribution in [2.75, 3.05) is 25.5 Å². The minimum atomic E-state index is 0.704. The molecule has 0 spiro atoms. The van der Waals surface area contributed by atoms with Gasteiger partial charge in [0.1, 0.15) is 0 Å². The second-order valence-corrected chi connectivity index (χ2v) is 8.31. The zero-order valence-electron chi connectivity index (χ0n) is 15.4. The van der Waals surface area contributed by atoms with Crippen molar-refractivity contribution >= 4 is 34.6 Å². The van der Waals surface area contributed by atoms with Crippen LogP contribution in [0.1, 0.15) is 50.5 Å². The van der Waals surface area contributed by atoms with Gasteiger partial charge in [0, 0.05) is 35.9 Å². The summed E-state index contributed by atoms with van der Waals surface area (Å²) in [6.07, 6.45) is 9.38. The molecule has 1 aromatic rings. The van der Waals surface area contributed by atoms with Crippen LogP contribution >= 0.6 is 23.8 Å². The summed E-state index contributed by atoms with van der Waals surface area (Å²) in [7, 11) is 2.34. The van der Waals surface area contributed by atoms with Crippen molar-refractivity contribution < 1.29 is 0 Å². The number of rotatable bonds is 3. The highest BCUT2D eigenvalue weighted by atomic mass is 35.5. The summed E-state index contributed by atoms with van der Waals surface area (Å²) in [5, 5.41) is 4.99. The molecule has 5 heteroatoms. The zero-order valence-corrected chi connectivity index (χ0v) is 17.0. The number of hydrogen-bond donors (Lipinski definition) is 1. The lowest BCUT2D eigenvalue weighted by molar-refractivity contribution is 0.0985. The molecule has 1 saturated heterocycles. The third-order valence-electron chi connectivity index (χ3n) is 5.99. The van der Waals surface area contributed by atoms with Crippen LogP contribution in [0.5, 0.6) is 0 Å². The molecule has 0 bridgehead atoms. The van der Waals surface area contributed by atoms with Gasteiger partial charge in [-0.15, -0.1) is 0 Å². The van der Waals surface area contributed by atoms with E-state index in [1.807, 2.05) is 25.1 Å². The van der Waals surface area contributed by atoms with Gasteiger partial charge in [-0.2, -0.15) is 0 Å². The number of nitrogens with one attached hydrogen (secondary N) is 1. The third kappa shape index (κ3) is 4.66. The number of anilines is 1. The highest BCUT2D eigenvalue weighted by Crippen LogP contribution is 2.27. The number of likely N-dealkylation sites (tertiary alicyclic amines) is 1. The summed E-state index contributed by atoms with van der Waals surface area (Å²) in [4.78, 5) is 4.97. The molecule has 0 amide bonds. The molecule has 2 fully saturated rings. The normalized spacial score (nSPS) is 20.1. The van der Waals surface area contributed by atoms with Crippen LogP contribution in [0.3, 0.4) is 0 Å². The van der Waals surface area contributed by atoms with E-state index in [9.17, 15) is 0 Å². The molecular weight excluding hydrogens is 350 g/mol. The average molecular weight is 380 g/mol. The first kappa shape index (κ1) is 18.9. The molecule has 0 atom stereocenters. The predicted molar refractivity (Wildman–Crippen MR) is 112 cm³/mol. The van der Waals surface area contributed by atoms with E-state index < -0.39 is 0 Å².